The summed E-state index contributed by atoms with van der Waals surface area (Å²) in [5.74, 6) is 1.80. The SMILES string of the molecule is CCCC(C)CN1CC(C)(C2CC2)NCC12CCCCC2. The fourth-order valence-corrected chi connectivity index (χ4v) is 5.01. The van der Waals surface area contributed by atoms with Crippen molar-refractivity contribution >= 4 is 0 Å². The van der Waals surface area contributed by atoms with Crippen molar-refractivity contribution in [3.63, 3.8) is 0 Å². The first-order valence-corrected chi connectivity index (χ1v) is 9.58. The van der Waals surface area contributed by atoms with Gasteiger partial charge in [0.25, 0.3) is 0 Å². The molecule has 3 rings (SSSR count). The molecule has 2 heteroatoms. The van der Waals surface area contributed by atoms with Crippen LogP contribution in [0.2, 0.25) is 0 Å². The van der Waals surface area contributed by atoms with E-state index in [0.29, 0.717) is 11.1 Å². The molecule has 0 aromatic carbocycles. The second kappa shape index (κ2) is 6.20. The highest BCUT2D eigenvalue weighted by molar-refractivity contribution is 5.09. The molecule has 0 aromatic heterocycles. The predicted octanol–water partition coefficient (Wildman–Crippen LogP) is 4.20. The lowest BCUT2D eigenvalue weighted by Gasteiger charge is -2.56. The van der Waals surface area contributed by atoms with Crippen LogP contribution in [0.3, 0.4) is 0 Å². The molecule has 3 fully saturated rings. The van der Waals surface area contributed by atoms with Crippen molar-refractivity contribution in [2.24, 2.45) is 11.8 Å². The van der Waals surface area contributed by atoms with Crippen molar-refractivity contribution in [3.05, 3.63) is 0 Å². The van der Waals surface area contributed by atoms with Crippen molar-refractivity contribution in [2.45, 2.75) is 89.6 Å². The highest BCUT2D eigenvalue weighted by Gasteiger charge is 2.51. The normalized spacial score (nSPS) is 35.0. The van der Waals surface area contributed by atoms with Gasteiger partial charge in [-0.2, -0.15) is 0 Å². The molecule has 0 radical (unpaired) electrons. The number of hydrogen-bond acceptors (Lipinski definition) is 2. The average molecular weight is 293 g/mol. The molecule has 3 aliphatic rings. The quantitative estimate of drug-likeness (QED) is 0.817. The third kappa shape index (κ3) is 3.32. The van der Waals surface area contributed by atoms with Gasteiger partial charge in [-0.25, -0.2) is 0 Å². The van der Waals surface area contributed by atoms with E-state index in [4.69, 9.17) is 0 Å². The number of rotatable bonds is 5. The molecule has 2 nitrogen and oxygen atoms in total. The largest absolute Gasteiger partial charge is 0.308 e. The van der Waals surface area contributed by atoms with Crippen LogP contribution in [-0.2, 0) is 0 Å². The smallest absolute Gasteiger partial charge is 0.0335 e. The molecular formula is C19H36N2. The van der Waals surface area contributed by atoms with Gasteiger partial charge in [-0.05, 0) is 50.9 Å². The molecule has 2 aliphatic carbocycles. The zero-order valence-corrected chi connectivity index (χ0v) is 14.6. The Morgan fingerprint density at radius 1 is 1.19 bits per heavy atom. The Bertz CT molecular complexity index is 343. The first-order valence-electron chi connectivity index (χ1n) is 9.58. The minimum atomic E-state index is 0.397. The molecule has 122 valence electrons. The molecule has 1 N–H and O–H groups in total. The first-order chi connectivity index (χ1) is 10.1. The maximum absolute atomic E-state index is 4.01. The fraction of sp³-hybridized carbons (Fsp3) is 1.00. The van der Waals surface area contributed by atoms with Crippen molar-refractivity contribution < 1.29 is 0 Å². The van der Waals surface area contributed by atoms with E-state index in [0.717, 1.165) is 11.8 Å². The lowest BCUT2D eigenvalue weighted by atomic mass is 9.75. The van der Waals surface area contributed by atoms with Crippen LogP contribution in [-0.4, -0.2) is 35.6 Å². The lowest BCUT2D eigenvalue weighted by Crippen LogP contribution is -2.70. The molecular weight excluding hydrogens is 256 g/mol. The molecule has 0 aromatic rings. The Morgan fingerprint density at radius 3 is 2.52 bits per heavy atom. The molecule has 21 heavy (non-hydrogen) atoms. The molecule has 2 saturated carbocycles. The van der Waals surface area contributed by atoms with Gasteiger partial charge in [0.15, 0.2) is 0 Å². The molecule has 1 heterocycles. The van der Waals surface area contributed by atoms with Gasteiger partial charge in [0.05, 0.1) is 0 Å². The fourth-order valence-electron chi connectivity index (χ4n) is 5.01. The zero-order chi connectivity index (χ0) is 14.9. The topological polar surface area (TPSA) is 15.3 Å². The second-order valence-corrected chi connectivity index (χ2v) is 8.60. The van der Waals surface area contributed by atoms with Crippen molar-refractivity contribution in [1.82, 2.24) is 10.2 Å². The van der Waals surface area contributed by atoms with Crippen LogP contribution < -0.4 is 5.32 Å². The second-order valence-electron chi connectivity index (χ2n) is 8.60. The van der Waals surface area contributed by atoms with E-state index in [9.17, 15) is 0 Å². The maximum Gasteiger partial charge on any atom is 0.0335 e. The maximum atomic E-state index is 4.01. The monoisotopic (exact) mass is 292 g/mol. The molecule has 0 bridgehead atoms. The summed E-state index contributed by atoms with van der Waals surface area (Å²) in [5, 5.41) is 4.01. The van der Waals surface area contributed by atoms with Gasteiger partial charge in [-0.15, -0.1) is 0 Å². The molecule has 2 atom stereocenters. The molecule has 1 aliphatic heterocycles. The lowest BCUT2D eigenvalue weighted by molar-refractivity contribution is -0.0291. The summed E-state index contributed by atoms with van der Waals surface area (Å²) in [4.78, 5) is 2.95. The Balaban J connectivity index is 1.73. The standard InChI is InChI=1S/C19H36N2/c1-4-8-16(2)13-21-15-18(3,17-9-10-17)20-14-19(21)11-6-5-7-12-19/h16-17,20H,4-15H2,1-3H3. The summed E-state index contributed by atoms with van der Waals surface area (Å²) in [7, 11) is 0. The highest BCUT2D eigenvalue weighted by Crippen LogP contribution is 2.45. The average Bonchev–Trinajstić information content (AvgIpc) is 3.30. The molecule has 2 unspecified atom stereocenters. The summed E-state index contributed by atoms with van der Waals surface area (Å²) < 4.78 is 0. The molecule has 0 amide bonds. The predicted molar refractivity (Wildman–Crippen MR) is 90.6 cm³/mol. The van der Waals surface area contributed by atoms with Gasteiger partial charge in [-0.1, -0.05) is 39.5 Å². The van der Waals surface area contributed by atoms with Crippen molar-refractivity contribution in [1.29, 1.82) is 0 Å². The molecule has 1 saturated heterocycles. The van der Waals surface area contributed by atoms with E-state index in [1.54, 1.807) is 0 Å². The number of nitrogens with one attached hydrogen (secondary N) is 1. The number of piperazine rings is 1. The van der Waals surface area contributed by atoms with E-state index in [2.05, 4.69) is 31.0 Å². The van der Waals surface area contributed by atoms with Gasteiger partial charge in [0.1, 0.15) is 0 Å². The van der Waals surface area contributed by atoms with E-state index < -0.39 is 0 Å². The zero-order valence-electron chi connectivity index (χ0n) is 14.6. The summed E-state index contributed by atoms with van der Waals surface area (Å²) in [6.45, 7) is 11.2. The summed E-state index contributed by atoms with van der Waals surface area (Å²) in [5.41, 5.74) is 0.892. The molecule has 1 spiro atoms. The van der Waals surface area contributed by atoms with Gasteiger partial charge in [0, 0.05) is 30.7 Å². The van der Waals surface area contributed by atoms with E-state index >= 15 is 0 Å². The minimum absolute atomic E-state index is 0.397. The van der Waals surface area contributed by atoms with Crippen LogP contribution in [0.1, 0.15) is 78.6 Å². The first kappa shape index (κ1) is 15.8. The van der Waals surface area contributed by atoms with Crippen LogP contribution in [0.5, 0.6) is 0 Å². The summed E-state index contributed by atoms with van der Waals surface area (Å²) >= 11 is 0. The minimum Gasteiger partial charge on any atom is -0.308 e. The van der Waals surface area contributed by atoms with Crippen LogP contribution in [0, 0.1) is 11.8 Å². The highest BCUT2D eigenvalue weighted by atomic mass is 15.3. The van der Waals surface area contributed by atoms with Crippen LogP contribution in [0.25, 0.3) is 0 Å². The van der Waals surface area contributed by atoms with Crippen molar-refractivity contribution in [3.8, 4) is 0 Å². The Labute approximate surface area is 132 Å². The van der Waals surface area contributed by atoms with Gasteiger partial charge in [0.2, 0.25) is 0 Å². The number of nitrogens with zero attached hydrogens (tertiary/aromatic N) is 1. The van der Waals surface area contributed by atoms with Crippen molar-refractivity contribution in [2.75, 3.05) is 19.6 Å². The van der Waals surface area contributed by atoms with E-state index in [-0.39, 0.29) is 0 Å². The van der Waals surface area contributed by atoms with Crippen LogP contribution in [0.4, 0.5) is 0 Å². The van der Waals surface area contributed by atoms with Gasteiger partial charge >= 0.3 is 0 Å². The van der Waals surface area contributed by atoms with Gasteiger partial charge < -0.3 is 5.32 Å². The third-order valence-electron chi connectivity index (χ3n) is 6.59. The summed E-state index contributed by atoms with van der Waals surface area (Å²) in [6.07, 6.45) is 12.8. The third-order valence-corrected chi connectivity index (χ3v) is 6.59. The summed E-state index contributed by atoms with van der Waals surface area (Å²) in [6, 6.07) is 0. The van der Waals surface area contributed by atoms with E-state index in [1.165, 1.54) is 77.4 Å². The van der Waals surface area contributed by atoms with E-state index in [1.807, 2.05) is 0 Å². The Kier molecular flexibility index (Phi) is 4.66. The van der Waals surface area contributed by atoms with Crippen LogP contribution in [0.15, 0.2) is 0 Å². The van der Waals surface area contributed by atoms with Gasteiger partial charge in [-0.3, -0.25) is 4.90 Å². The number of hydrogen-bond donors (Lipinski definition) is 1. The van der Waals surface area contributed by atoms with Crippen LogP contribution >= 0.6 is 0 Å². The Hall–Kier alpha value is -0.0800. The Morgan fingerprint density at radius 2 is 1.90 bits per heavy atom.